The first kappa shape index (κ1) is 19.3. The van der Waals surface area contributed by atoms with Gasteiger partial charge in [0.25, 0.3) is 0 Å². The molecule has 0 radical (unpaired) electrons. The van der Waals surface area contributed by atoms with Crippen molar-refractivity contribution in [2.45, 2.75) is 54.7 Å². The lowest BCUT2D eigenvalue weighted by atomic mass is 9.96. The maximum absolute atomic E-state index is 12.5. The number of ether oxygens (including phenoxy) is 2. The van der Waals surface area contributed by atoms with Crippen molar-refractivity contribution >= 4 is 39.8 Å². The minimum Gasteiger partial charge on any atom is -0.486 e. The van der Waals surface area contributed by atoms with Crippen LogP contribution < -0.4 is 20.1 Å². The van der Waals surface area contributed by atoms with Crippen LogP contribution in [0.1, 0.15) is 39.0 Å². The highest BCUT2D eigenvalue weighted by molar-refractivity contribution is 8.02. The van der Waals surface area contributed by atoms with Crippen LogP contribution >= 0.6 is 23.1 Å². The molecule has 150 valence electrons. The summed E-state index contributed by atoms with van der Waals surface area (Å²) in [7, 11) is 0. The summed E-state index contributed by atoms with van der Waals surface area (Å²) < 4.78 is 11.9. The van der Waals surface area contributed by atoms with Crippen LogP contribution in [0.4, 0.5) is 10.8 Å². The highest BCUT2D eigenvalue weighted by Gasteiger charge is 2.20. The van der Waals surface area contributed by atoms with E-state index in [4.69, 9.17) is 9.47 Å². The summed E-state index contributed by atoms with van der Waals surface area (Å²) in [5, 5.41) is 15.4. The molecule has 2 heterocycles. The summed E-state index contributed by atoms with van der Waals surface area (Å²) in [6.07, 6.45) is 6.25. The number of thioether (sulfide) groups is 1. The average molecular weight is 421 g/mol. The van der Waals surface area contributed by atoms with Crippen LogP contribution in [0.15, 0.2) is 22.5 Å². The second-order valence-corrected chi connectivity index (χ2v) is 9.53. The van der Waals surface area contributed by atoms with E-state index in [-0.39, 0.29) is 11.2 Å². The largest absolute Gasteiger partial charge is 0.486 e. The summed E-state index contributed by atoms with van der Waals surface area (Å²) in [4.78, 5) is 12.5. The number of benzene rings is 1. The van der Waals surface area contributed by atoms with Crippen LogP contribution in [-0.4, -0.2) is 40.6 Å². The molecule has 2 aliphatic rings. The maximum atomic E-state index is 12.5. The average Bonchev–Trinajstić information content (AvgIpc) is 3.15. The summed E-state index contributed by atoms with van der Waals surface area (Å²) >= 11 is 2.93. The van der Waals surface area contributed by atoms with E-state index in [9.17, 15) is 4.79 Å². The van der Waals surface area contributed by atoms with E-state index in [0.29, 0.717) is 36.4 Å². The number of aromatic nitrogens is 2. The molecular formula is C19H24N4O3S2. The lowest BCUT2D eigenvalue weighted by molar-refractivity contribution is -0.115. The molecule has 0 bridgehead atoms. The lowest BCUT2D eigenvalue weighted by Gasteiger charge is -2.21. The molecule has 2 N–H and O–H groups in total. The molecule has 1 saturated carbocycles. The van der Waals surface area contributed by atoms with E-state index in [2.05, 4.69) is 20.8 Å². The minimum absolute atomic E-state index is 0.0846. The SMILES string of the molecule is C[C@H](Sc1nnc(NC2CCCCC2)s1)C(=O)Nc1ccc2c(c1)OCCO2. The molecule has 2 aromatic rings. The van der Waals surface area contributed by atoms with Crippen molar-refractivity contribution in [2.75, 3.05) is 23.8 Å². The number of hydrogen-bond acceptors (Lipinski definition) is 8. The summed E-state index contributed by atoms with van der Waals surface area (Å²) in [6, 6.07) is 5.92. The number of amides is 1. The highest BCUT2D eigenvalue weighted by Crippen LogP contribution is 2.34. The smallest absolute Gasteiger partial charge is 0.237 e. The Balaban J connectivity index is 1.30. The third-order valence-corrected chi connectivity index (χ3v) is 6.83. The topological polar surface area (TPSA) is 85.4 Å². The molecule has 0 unspecified atom stereocenters. The highest BCUT2D eigenvalue weighted by atomic mass is 32.2. The van der Waals surface area contributed by atoms with Crippen LogP contribution in [0.3, 0.4) is 0 Å². The van der Waals surface area contributed by atoms with Gasteiger partial charge in [0.1, 0.15) is 13.2 Å². The number of carbonyl (C=O) groups is 1. The fraction of sp³-hybridized carbons (Fsp3) is 0.526. The van der Waals surface area contributed by atoms with Gasteiger partial charge >= 0.3 is 0 Å². The van der Waals surface area contributed by atoms with Crippen molar-refractivity contribution in [2.24, 2.45) is 0 Å². The Morgan fingerprint density at radius 3 is 2.79 bits per heavy atom. The Labute approximate surface area is 172 Å². The summed E-state index contributed by atoms with van der Waals surface area (Å²) in [5.74, 6) is 1.28. The van der Waals surface area contributed by atoms with Crippen molar-refractivity contribution in [3.63, 3.8) is 0 Å². The van der Waals surface area contributed by atoms with Gasteiger partial charge in [0.05, 0.1) is 5.25 Å². The fourth-order valence-electron chi connectivity index (χ4n) is 3.31. The lowest BCUT2D eigenvalue weighted by Crippen LogP contribution is -2.22. The minimum atomic E-state index is -0.288. The van der Waals surface area contributed by atoms with Gasteiger partial charge < -0.3 is 20.1 Å². The maximum Gasteiger partial charge on any atom is 0.237 e. The van der Waals surface area contributed by atoms with Crippen LogP contribution in [0, 0.1) is 0 Å². The molecule has 1 aliphatic carbocycles. The zero-order chi connectivity index (χ0) is 19.3. The molecule has 0 spiro atoms. The predicted molar refractivity (Wildman–Crippen MR) is 112 cm³/mol. The first-order valence-corrected chi connectivity index (χ1v) is 11.3. The monoisotopic (exact) mass is 420 g/mol. The van der Waals surface area contributed by atoms with Crippen LogP contribution in [0.5, 0.6) is 11.5 Å². The Hall–Kier alpha value is -2.00. The van der Waals surface area contributed by atoms with Crippen molar-refractivity contribution in [3.05, 3.63) is 18.2 Å². The second kappa shape index (κ2) is 9.00. The standard InChI is InChI=1S/C19H24N4O3S2/c1-12(17(24)20-14-7-8-15-16(11-14)26-10-9-25-15)27-19-23-22-18(28-19)21-13-5-3-2-4-6-13/h7-8,11-13H,2-6,9-10H2,1H3,(H,20,24)(H,21,22)/t12-/m0/s1. The van der Waals surface area contributed by atoms with Gasteiger partial charge in [-0.05, 0) is 31.9 Å². The van der Waals surface area contributed by atoms with Crippen LogP contribution in [0.2, 0.25) is 0 Å². The van der Waals surface area contributed by atoms with Crippen molar-refractivity contribution in [1.29, 1.82) is 0 Å². The zero-order valence-electron chi connectivity index (χ0n) is 15.8. The van der Waals surface area contributed by atoms with E-state index < -0.39 is 0 Å². The Bertz CT molecular complexity index is 823. The molecule has 1 fully saturated rings. The first-order chi connectivity index (χ1) is 13.7. The first-order valence-electron chi connectivity index (χ1n) is 9.64. The van der Waals surface area contributed by atoms with Crippen molar-refractivity contribution in [3.8, 4) is 11.5 Å². The number of hydrogen-bond donors (Lipinski definition) is 2. The van der Waals surface area contributed by atoms with Crippen LogP contribution in [-0.2, 0) is 4.79 Å². The second-order valence-electron chi connectivity index (χ2n) is 6.96. The Morgan fingerprint density at radius 1 is 1.18 bits per heavy atom. The number of fused-ring (bicyclic) bond motifs is 1. The Kier molecular flexibility index (Phi) is 6.21. The normalized spacial score (nSPS) is 17.8. The quantitative estimate of drug-likeness (QED) is 0.678. The van der Waals surface area contributed by atoms with E-state index in [1.54, 1.807) is 6.07 Å². The van der Waals surface area contributed by atoms with E-state index >= 15 is 0 Å². The molecule has 1 atom stereocenters. The third-order valence-electron chi connectivity index (χ3n) is 4.80. The molecule has 0 saturated heterocycles. The number of anilines is 2. The number of carbonyl (C=O) groups excluding carboxylic acids is 1. The van der Waals surface area contributed by atoms with Crippen molar-refractivity contribution in [1.82, 2.24) is 10.2 Å². The van der Waals surface area contributed by atoms with Gasteiger partial charge in [-0.25, -0.2) is 0 Å². The molecule has 9 heteroatoms. The van der Waals surface area contributed by atoms with Gasteiger partial charge in [0, 0.05) is 17.8 Å². The summed E-state index contributed by atoms with van der Waals surface area (Å²) in [6.45, 7) is 2.93. The van der Waals surface area contributed by atoms with Crippen LogP contribution in [0.25, 0.3) is 0 Å². The number of nitrogens with zero attached hydrogens (tertiary/aromatic N) is 2. The zero-order valence-corrected chi connectivity index (χ0v) is 17.4. The molecule has 1 aliphatic heterocycles. The van der Waals surface area contributed by atoms with E-state index in [1.165, 1.54) is 55.2 Å². The van der Waals surface area contributed by atoms with Crippen molar-refractivity contribution < 1.29 is 14.3 Å². The van der Waals surface area contributed by atoms with Gasteiger partial charge in [-0.3, -0.25) is 4.79 Å². The molecule has 4 rings (SSSR count). The molecule has 28 heavy (non-hydrogen) atoms. The van der Waals surface area contributed by atoms with E-state index in [1.807, 2.05) is 19.1 Å². The predicted octanol–water partition coefficient (Wildman–Crippen LogP) is 4.17. The molecule has 1 aromatic heterocycles. The fourth-order valence-corrected chi connectivity index (χ4v) is 5.28. The molecule has 7 nitrogen and oxygen atoms in total. The van der Waals surface area contributed by atoms with Gasteiger partial charge in [-0.15, -0.1) is 10.2 Å². The Morgan fingerprint density at radius 2 is 1.96 bits per heavy atom. The molecule has 1 amide bonds. The molecular weight excluding hydrogens is 396 g/mol. The summed E-state index contributed by atoms with van der Waals surface area (Å²) in [5.41, 5.74) is 0.693. The number of rotatable bonds is 6. The third kappa shape index (κ3) is 4.88. The van der Waals surface area contributed by atoms with Gasteiger partial charge in [-0.2, -0.15) is 0 Å². The van der Waals surface area contributed by atoms with Gasteiger partial charge in [0.15, 0.2) is 15.8 Å². The van der Waals surface area contributed by atoms with Gasteiger partial charge in [0.2, 0.25) is 11.0 Å². The number of nitrogens with one attached hydrogen (secondary N) is 2. The molecule has 1 aromatic carbocycles. The van der Waals surface area contributed by atoms with Gasteiger partial charge in [-0.1, -0.05) is 42.4 Å². The van der Waals surface area contributed by atoms with E-state index in [0.717, 1.165) is 9.47 Å².